The molecule has 2 amide bonds. The number of amides is 2. The third-order valence-electron chi connectivity index (χ3n) is 3.44. The number of rotatable bonds is 3. The van der Waals surface area contributed by atoms with Gasteiger partial charge in [0.2, 0.25) is 5.91 Å². The Labute approximate surface area is 112 Å². The lowest BCUT2D eigenvalue weighted by Crippen LogP contribution is -2.41. The van der Waals surface area contributed by atoms with Crippen molar-refractivity contribution in [1.82, 2.24) is 10.2 Å². The van der Waals surface area contributed by atoms with E-state index < -0.39 is 0 Å². The summed E-state index contributed by atoms with van der Waals surface area (Å²) in [6.45, 7) is 2.53. The molecule has 1 aliphatic heterocycles. The second kappa shape index (κ2) is 5.84. The molecule has 1 heterocycles. The van der Waals surface area contributed by atoms with Crippen LogP contribution in [0.2, 0.25) is 0 Å². The van der Waals surface area contributed by atoms with Crippen molar-refractivity contribution in [3.63, 3.8) is 0 Å². The largest absolute Gasteiger partial charge is 0.347 e. The second-order valence-electron chi connectivity index (χ2n) is 4.87. The van der Waals surface area contributed by atoms with E-state index in [1.807, 2.05) is 25.1 Å². The van der Waals surface area contributed by atoms with Gasteiger partial charge < -0.3 is 16.0 Å². The normalized spacial score (nSPS) is 22.3. The predicted octanol–water partition coefficient (Wildman–Crippen LogP) is 0.365. The fourth-order valence-corrected chi connectivity index (χ4v) is 2.46. The number of nitrogens with two attached hydrogens (primary N) is 1. The monoisotopic (exact) mass is 261 g/mol. The van der Waals surface area contributed by atoms with Crippen molar-refractivity contribution in [3.8, 4) is 0 Å². The van der Waals surface area contributed by atoms with E-state index in [1.165, 1.54) is 0 Å². The highest BCUT2D eigenvalue weighted by Gasteiger charge is 2.32. The number of nitrogens with zero attached hydrogens (tertiary/aromatic N) is 1. The zero-order chi connectivity index (χ0) is 13.8. The van der Waals surface area contributed by atoms with Crippen LogP contribution in [0, 0.1) is 0 Å². The van der Waals surface area contributed by atoms with E-state index in [4.69, 9.17) is 5.73 Å². The van der Waals surface area contributed by atoms with Crippen LogP contribution >= 0.6 is 0 Å². The Balaban J connectivity index is 1.95. The first-order valence-corrected chi connectivity index (χ1v) is 6.47. The molecule has 0 aliphatic carbocycles. The molecular weight excluding hydrogens is 242 g/mol. The Hall–Kier alpha value is -1.88. The summed E-state index contributed by atoms with van der Waals surface area (Å²) in [5, 5.41) is 2.96. The number of hydrogen-bond donors (Lipinski definition) is 2. The van der Waals surface area contributed by atoms with Gasteiger partial charge in [-0.15, -0.1) is 0 Å². The Morgan fingerprint density at radius 3 is 2.68 bits per heavy atom. The van der Waals surface area contributed by atoms with Crippen LogP contribution in [0.5, 0.6) is 0 Å². The van der Waals surface area contributed by atoms with Crippen LogP contribution < -0.4 is 11.1 Å². The van der Waals surface area contributed by atoms with Gasteiger partial charge in [-0.3, -0.25) is 9.59 Å². The van der Waals surface area contributed by atoms with E-state index in [0.29, 0.717) is 12.1 Å². The van der Waals surface area contributed by atoms with Crippen molar-refractivity contribution >= 4 is 11.8 Å². The van der Waals surface area contributed by atoms with E-state index in [1.54, 1.807) is 17.0 Å². The molecule has 5 nitrogen and oxygen atoms in total. The van der Waals surface area contributed by atoms with Crippen LogP contribution in [0.3, 0.4) is 0 Å². The summed E-state index contributed by atoms with van der Waals surface area (Å²) >= 11 is 0. The third-order valence-corrected chi connectivity index (χ3v) is 3.44. The first-order valence-electron chi connectivity index (χ1n) is 6.47. The van der Waals surface area contributed by atoms with Crippen LogP contribution in [0.25, 0.3) is 0 Å². The van der Waals surface area contributed by atoms with Crippen LogP contribution in [-0.4, -0.2) is 41.9 Å². The summed E-state index contributed by atoms with van der Waals surface area (Å²) in [4.78, 5) is 25.4. The molecule has 0 unspecified atom stereocenters. The number of carbonyl (C=O) groups excluding carboxylic acids is 2. The number of likely N-dealkylation sites (tertiary alicyclic amines) is 1. The molecule has 1 fully saturated rings. The zero-order valence-electron chi connectivity index (χ0n) is 11.0. The van der Waals surface area contributed by atoms with Gasteiger partial charge >= 0.3 is 0 Å². The van der Waals surface area contributed by atoms with Gasteiger partial charge in [0.15, 0.2) is 0 Å². The van der Waals surface area contributed by atoms with E-state index in [9.17, 15) is 9.59 Å². The van der Waals surface area contributed by atoms with Gasteiger partial charge in [0, 0.05) is 24.2 Å². The molecule has 19 heavy (non-hydrogen) atoms. The molecule has 0 aromatic heterocycles. The minimum absolute atomic E-state index is 0.00166. The molecule has 0 spiro atoms. The van der Waals surface area contributed by atoms with Crippen molar-refractivity contribution in [1.29, 1.82) is 0 Å². The van der Waals surface area contributed by atoms with Gasteiger partial charge in [0.25, 0.3) is 5.91 Å². The smallest absolute Gasteiger partial charge is 0.251 e. The molecule has 1 saturated heterocycles. The Morgan fingerprint density at radius 2 is 2.05 bits per heavy atom. The number of nitrogens with one attached hydrogen (secondary N) is 1. The minimum Gasteiger partial charge on any atom is -0.347 e. The molecule has 102 valence electrons. The standard InChI is InChI=1S/C14H19N3O2/c1-10-7-12(9-17(10)13(18)8-15)16-14(19)11-5-3-2-4-6-11/h2-6,10,12H,7-9,15H2,1H3,(H,16,19)/t10-,12+/m1/s1. The quantitative estimate of drug-likeness (QED) is 0.825. The Bertz CT molecular complexity index is 461. The van der Waals surface area contributed by atoms with Gasteiger partial charge in [-0.2, -0.15) is 0 Å². The van der Waals surface area contributed by atoms with Gasteiger partial charge in [-0.25, -0.2) is 0 Å². The summed E-state index contributed by atoms with van der Waals surface area (Å²) in [6.07, 6.45) is 0.768. The summed E-state index contributed by atoms with van der Waals surface area (Å²) < 4.78 is 0. The Morgan fingerprint density at radius 1 is 1.37 bits per heavy atom. The number of benzene rings is 1. The van der Waals surface area contributed by atoms with Crippen molar-refractivity contribution in [2.24, 2.45) is 5.73 Å². The molecule has 5 heteroatoms. The first-order chi connectivity index (χ1) is 9.11. The summed E-state index contributed by atoms with van der Waals surface area (Å²) in [5.41, 5.74) is 6.01. The third kappa shape index (κ3) is 3.12. The van der Waals surface area contributed by atoms with Gasteiger partial charge in [0.05, 0.1) is 6.54 Å². The lowest BCUT2D eigenvalue weighted by atomic mass is 10.1. The van der Waals surface area contributed by atoms with Gasteiger partial charge in [0.1, 0.15) is 0 Å². The fraction of sp³-hybridized carbons (Fsp3) is 0.429. The van der Waals surface area contributed by atoms with E-state index in [-0.39, 0.29) is 30.4 Å². The van der Waals surface area contributed by atoms with Crippen LogP contribution in [-0.2, 0) is 4.79 Å². The lowest BCUT2D eigenvalue weighted by molar-refractivity contribution is -0.130. The van der Waals surface area contributed by atoms with E-state index in [2.05, 4.69) is 5.32 Å². The molecule has 2 rings (SSSR count). The van der Waals surface area contributed by atoms with Crippen molar-refractivity contribution in [2.45, 2.75) is 25.4 Å². The minimum atomic E-state index is -0.0974. The maximum absolute atomic E-state index is 12.0. The fourth-order valence-electron chi connectivity index (χ4n) is 2.46. The van der Waals surface area contributed by atoms with Crippen LogP contribution in [0.4, 0.5) is 0 Å². The molecule has 2 atom stereocenters. The topological polar surface area (TPSA) is 75.4 Å². The maximum Gasteiger partial charge on any atom is 0.251 e. The molecule has 1 aromatic rings. The van der Waals surface area contributed by atoms with Gasteiger partial charge in [-0.1, -0.05) is 18.2 Å². The second-order valence-corrected chi connectivity index (χ2v) is 4.87. The van der Waals surface area contributed by atoms with Crippen molar-refractivity contribution in [2.75, 3.05) is 13.1 Å². The SMILES string of the molecule is C[C@@H]1C[C@H](NC(=O)c2ccccc2)CN1C(=O)CN. The molecule has 0 radical (unpaired) electrons. The molecule has 1 aromatic carbocycles. The van der Waals surface area contributed by atoms with E-state index in [0.717, 1.165) is 6.42 Å². The van der Waals surface area contributed by atoms with Gasteiger partial charge in [-0.05, 0) is 25.5 Å². The zero-order valence-corrected chi connectivity index (χ0v) is 11.0. The molecule has 0 bridgehead atoms. The molecular formula is C14H19N3O2. The maximum atomic E-state index is 12.0. The van der Waals surface area contributed by atoms with Crippen molar-refractivity contribution < 1.29 is 9.59 Å². The molecule has 0 saturated carbocycles. The summed E-state index contributed by atoms with van der Waals surface area (Å²) in [6, 6.07) is 9.20. The average molecular weight is 261 g/mol. The Kier molecular flexibility index (Phi) is 4.16. The highest BCUT2D eigenvalue weighted by atomic mass is 16.2. The van der Waals surface area contributed by atoms with Crippen LogP contribution in [0.15, 0.2) is 30.3 Å². The van der Waals surface area contributed by atoms with E-state index >= 15 is 0 Å². The first kappa shape index (κ1) is 13.5. The summed E-state index contributed by atoms with van der Waals surface area (Å²) in [7, 11) is 0. The molecule has 3 N–H and O–H groups in total. The predicted molar refractivity (Wildman–Crippen MR) is 72.5 cm³/mol. The average Bonchev–Trinajstić information content (AvgIpc) is 2.79. The lowest BCUT2D eigenvalue weighted by Gasteiger charge is -2.20. The molecule has 1 aliphatic rings. The number of carbonyl (C=O) groups is 2. The number of hydrogen-bond acceptors (Lipinski definition) is 3. The van der Waals surface area contributed by atoms with Crippen LogP contribution in [0.1, 0.15) is 23.7 Å². The highest BCUT2D eigenvalue weighted by Crippen LogP contribution is 2.17. The van der Waals surface area contributed by atoms with Crippen molar-refractivity contribution in [3.05, 3.63) is 35.9 Å². The summed E-state index contributed by atoms with van der Waals surface area (Å²) in [5.74, 6) is -0.163. The highest BCUT2D eigenvalue weighted by molar-refractivity contribution is 5.94.